The number of aromatic nitrogens is 2. The Morgan fingerprint density at radius 1 is 1.44 bits per heavy atom. The molecule has 0 radical (unpaired) electrons. The molecule has 25 heavy (non-hydrogen) atoms. The van der Waals surface area contributed by atoms with Crippen LogP contribution in [0.15, 0.2) is 18.3 Å². The molecule has 2 aliphatic rings. The van der Waals surface area contributed by atoms with Gasteiger partial charge >= 0.3 is 0 Å². The van der Waals surface area contributed by atoms with Gasteiger partial charge in [0.15, 0.2) is 5.60 Å². The lowest BCUT2D eigenvalue weighted by Crippen LogP contribution is -2.48. The fourth-order valence-electron chi connectivity index (χ4n) is 2.67. The van der Waals surface area contributed by atoms with Gasteiger partial charge in [0.1, 0.15) is 29.7 Å². The van der Waals surface area contributed by atoms with Gasteiger partial charge in [-0.1, -0.05) is 11.8 Å². The van der Waals surface area contributed by atoms with Crippen LogP contribution in [0, 0.1) is 17.7 Å². The second kappa shape index (κ2) is 5.58. The molecule has 0 bridgehead atoms. The van der Waals surface area contributed by atoms with E-state index < -0.39 is 17.3 Å². The highest BCUT2D eigenvalue weighted by Gasteiger charge is 2.34. The van der Waals surface area contributed by atoms with Gasteiger partial charge in [0.2, 0.25) is 0 Å². The number of amides is 1. The summed E-state index contributed by atoms with van der Waals surface area (Å²) in [6.07, 6.45) is 1.54. The molecule has 0 saturated carbocycles. The van der Waals surface area contributed by atoms with E-state index in [2.05, 4.69) is 16.8 Å². The van der Waals surface area contributed by atoms with Crippen LogP contribution in [0.5, 0.6) is 5.75 Å². The first-order valence-electron chi connectivity index (χ1n) is 7.62. The molecule has 1 amide bonds. The third-order valence-electron chi connectivity index (χ3n) is 4.04. The van der Waals surface area contributed by atoms with Crippen LogP contribution in [-0.2, 0) is 11.3 Å². The highest BCUT2D eigenvalue weighted by molar-refractivity contribution is 5.91. The molecule has 0 unspecified atom stereocenters. The molecule has 0 spiro atoms. The maximum Gasteiger partial charge on any atom is 0.268 e. The van der Waals surface area contributed by atoms with E-state index >= 15 is 0 Å². The molecule has 4 rings (SSSR count). The van der Waals surface area contributed by atoms with Crippen molar-refractivity contribution in [3.8, 4) is 29.0 Å². The molecule has 8 heteroatoms. The van der Waals surface area contributed by atoms with E-state index in [1.165, 1.54) is 12.1 Å². The van der Waals surface area contributed by atoms with Gasteiger partial charge in [-0.3, -0.25) is 4.79 Å². The number of carbonyl (C=O) groups excluding carboxylic acids is 1. The minimum absolute atomic E-state index is 0.0970. The fraction of sp³-hybridized carbons (Fsp3) is 0.294. The van der Waals surface area contributed by atoms with Crippen molar-refractivity contribution in [3.63, 3.8) is 0 Å². The van der Waals surface area contributed by atoms with Crippen molar-refractivity contribution in [1.82, 2.24) is 9.55 Å². The first-order chi connectivity index (χ1) is 12.0. The molecule has 3 N–H and O–H groups in total. The van der Waals surface area contributed by atoms with Gasteiger partial charge in [-0.15, -0.1) is 0 Å². The number of halogens is 1. The molecule has 1 aromatic heterocycles. The predicted octanol–water partition coefficient (Wildman–Crippen LogP) is 0.293. The fourth-order valence-corrected chi connectivity index (χ4v) is 2.67. The Balaban J connectivity index is 1.81. The normalized spacial score (nSPS) is 17.0. The maximum absolute atomic E-state index is 14.3. The van der Waals surface area contributed by atoms with E-state index in [4.69, 9.17) is 15.2 Å². The van der Waals surface area contributed by atoms with Crippen molar-refractivity contribution in [2.45, 2.75) is 12.1 Å². The molecule has 0 aliphatic carbocycles. The number of benzene rings is 1. The van der Waals surface area contributed by atoms with E-state index in [1.54, 1.807) is 10.8 Å². The summed E-state index contributed by atoms with van der Waals surface area (Å²) in [5, 5.41) is 9.95. The predicted molar refractivity (Wildman–Crippen MR) is 84.3 cm³/mol. The van der Waals surface area contributed by atoms with E-state index in [1.807, 2.05) is 0 Å². The molecular weight excluding hydrogens is 329 g/mol. The van der Waals surface area contributed by atoms with E-state index in [0.29, 0.717) is 30.3 Å². The third kappa shape index (κ3) is 2.73. The van der Waals surface area contributed by atoms with Crippen LogP contribution in [0.2, 0.25) is 0 Å². The zero-order valence-electron chi connectivity index (χ0n) is 13.1. The molecule has 2 aliphatic heterocycles. The van der Waals surface area contributed by atoms with Gasteiger partial charge in [0, 0.05) is 12.3 Å². The van der Waals surface area contributed by atoms with Gasteiger partial charge in [0.25, 0.3) is 5.91 Å². The summed E-state index contributed by atoms with van der Waals surface area (Å²) in [4.78, 5) is 15.6. The number of rotatable bonds is 1. The zero-order chi connectivity index (χ0) is 17.6. The molecule has 3 heterocycles. The number of aliphatic hydroxyl groups is 1. The summed E-state index contributed by atoms with van der Waals surface area (Å²) in [7, 11) is 0. The largest absolute Gasteiger partial charge is 0.491 e. The SMILES string of the molecule is NC(=O)c1cn2c(n1)-c1cc(C#CC3(O)COC3)c(F)cc1OCC2. The van der Waals surface area contributed by atoms with Crippen molar-refractivity contribution in [2.24, 2.45) is 5.73 Å². The lowest BCUT2D eigenvalue weighted by molar-refractivity contribution is -0.140. The number of primary amides is 1. The van der Waals surface area contributed by atoms with Crippen molar-refractivity contribution < 1.29 is 23.8 Å². The Morgan fingerprint density at radius 2 is 2.24 bits per heavy atom. The molecule has 128 valence electrons. The molecule has 0 atom stereocenters. The lowest BCUT2D eigenvalue weighted by atomic mass is 10.0. The number of ether oxygens (including phenoxy) is 2. The van der Waals surface area contributed by atoms with Gasteiger partial charge < -0.3 is 24.9 Å². The van der Waals surface area contributed by atoms with Crippen LogP contribution in [-0.4, -0.2) is 46.0 Å². The Labute approximate surface area is 142 Å². The number of hydrogen-bond acceptors (Lipinski definition) is 5. The van der Waals surface area contributed by atoms with Gasteiger partial charge in [-0.2, -0.15) is 0 Å². The monoisotopic (exact) mass is 343 g/mol. The Hall–Kier alpha value is -2.89. The van der Waals surface area contributed by atoms with Crippen LogP contribution >= 0.6 is 0 Å². The van der Waals surface area contributed by atoms with Gasteiger partial charge in [0.05, 0.1) is 30.9 Å². The summed E-state index contributed by atoms with van der Waals surface area (Å²) in [5.41, 5.74) is 4.78. The van der Waals surface area contributed by atoms with Crippen LogP contribution in [0.4, 0.5) is 4.39 Å². The van der Waals surface area contributed by atoms with Crippen LogP contribution in [0.1, 0.15) is 16.1 Å². The Bertz CT molecular complexity index is 937. The molecule has 7 nitrogen and oxygen atoms in total. The van der Waals surface area contributed by atoms with Crippen LogP contribution in [0.3, 0.4) is 0 Å². The maximum atomic E-state index is 14.3. The second-order valence-corrected chi connectivity index (χ2v) is 5.96. The van der Waals surface area contributed by atoms with Crippen LogP contribution < -0.4 is 10.5 Å². The number of nitrogens with zero attached hydrogens (tertiary/aromatic N) is 2. The van der Waals surface area contributed by atoms with Gasteiger partial charge in [-0.05, 0) is 6.07 Å². The van der Waals surface area contributed by atoms with E-state index in [0.717, 1.165) is 0 Å². The Morgan fingerprint density at radius 3 is 2.92 bits per heavy atom. The van der Waals surface area contributed by atoms with Crippen molar-refractivity contribution in [3.05, 3.63) is 35.4 Å². The Kier molecular flexibility index (Phi) is 3.49. The first kappa shape index (κ1) is 15.6. The number of nitrogens with two attached hydrogens (primary N) is 1. The van der Waals surface area contributed by atoms with E-state index in [-0.39, 0.29) is 24.5 Å². The summed E-state index contributed by atoms with van der Waals surface area (Å²) in [6.45, 7) is 0.949. The summed E-state index contributed by atoms with van der Waals surface area (Å²) in [6, 6.07) is 2.73. The lowest BCUT2D eigenvalue weighted by Gasteiger charge is -2.30. The van der Waals surface area contributed by atoms with E-state index in [9.17, 15) is 14.3 Å². The minimum atomic E-state index is -1.24. The summed E-state index contributed by atoms with van der Waals surface area (Å²) < 4.78 is 26.5. The first-order valence-corrected chi connectivity index (χ1v) is 7.62. The number of imidazole rings is 1. The molecular formula is C17H14FN3O4. The smallest absolute Gasteiger partial charge is 0.268 e. The quantitative estimate of drug-likeness (QED) is 0.725. The minimum Gasteiger partial charge on any atom is -0.491 e. The molecule has 1 saturated heterocycles. The number of fused-ring (bicyclic) bond motifs is 3. The summed E-state index contributed by atoms with van der Waals surface area (Å²) in [5.74, 6) is 4.83. The molecule has 1 fully saturated rings. The zero-order valence-corrected chi connectivity index (χ0v) is 13.1. The standard InChI is InChI=1S/C17H14FN3O4/c18-12-6-14-11(5-10(12)1-2-17(23)8-24-9-17)16-20-13(15(19)22)7-21(16)3-4-25-14/h5-7,23H,3-4,8-9H2,(H2,19,22). The highest BCUT2D eigenvalue weighted by atomic mass is 19.1. The topological polar surface area (TPSA) is 99.6 Å². The van der Waals surface area contributed by atoms with Crippen molar-refractivity contribution >= 4 is 5.91 Å². The highest BCUT2D eigenvalue weighted by Crippen LogP contribution is 2.34. The van der Waals surface area contributed by atoms with Gasteiger partial charge in [-0.25, -0.2) is 9.37 Å². The number of hydrogen-bond donors (Lipinski definition) is 2. The summed E-state index contributed by atoms with van der Waals surface area (Å²) >= 11 is 0. The van der Waals surface area contributed by atoms with Crippen molar-refractivity contribution in [2.75, 3.05) is 19.8 Å². The molecule has 2 aromatic rings. The second-order valence-electron chi connectivity index (χ2n) is 5.96. The average Bonchev–Trinajstić information content (AvgIpc) is 2.90. The third-order valence-corrected chi connectivity index (χ3v) is 4.04. The van der Waals surface area contributed by atoms with Crippen LogP contribution in [0.25, 0.3) is 11.4 Å². The average molecular weight is 343 g/mol. The van der Waals surface area contributed by atoms with Crippen molar-refractivity contribution in [1.29, 1.82) is 0 Å². The molecule has 1 aromatic carbocycles. The number of carbonyl (C=O) groups is 1.